The summed E-state index contributed by atoms with van der Waals surface area (Å²) in [6.07, 6.45) is 3.29. The van der Waals surface area contributed by atoms with E-state index in [9.17, 15) is 4.79 Å². The van der Waals surface area contributed by atoms with Crippen LogP contribution in [0.4, 0.5) is 5.69 Å². The minimum atomic E-state index is -0.0846. The van der Waals surface area contributed by atoms with E-state index in [1.807, 2.05) is 12.1 Å². The normalized spacial score (nSPS) is 15.8. The van der Waals surface area contributed by atoms with E-state index >= 15 is 0 Å². The Bertz CT molecular complexity index is 420. The number of benzene rings is 1. The molecule has 1 unspecified atom stereocenters. The molecular formula is C13H16BrNO2. The van der Waals surface area contributed by atoms with Crippen LogP contribution >= 0.6 is 15.9 Å². The second kappa shape index (κ2) is 5.54. The molecular weight excluding hydrogens is 282 g/mol. The van der Waals surface area contributed by atoms with Gasteiger partial charge in [-0.25, -0.2) is 0 Å². The smallest absolute Gasteiger partial charge is 0.262 e. The van der Waals surface area contributed by atoms with Gasteiger partial charge in [0.15, 0.2) is 6.61 Å². The topological polar surface area (TPSA) is 38.3 Å². The molecule has 1 aromatic carbocycles. The summed E-state index contributed by atoms with van der Waals surface area (Å²) in [7, 11) is 0. The van der Waals surface area contributed by atoms with Gasteiger partial charge in [0.2, 0.25) is 0 Å². The highest BCUT2D eigenvalue weighted by atomic mass is 79.9. The Morgan fingerprint density at radius 2 is 2.35 bits per heavy atom. The summed E-state index contributed by atoms with van der Waals surface area (Å²) in [5.41, 5.74) is 2.00. The van der Waals surface area contributed by atoms with Crippen molar-refractivity contribution in [1.29, 1.82) is 0 Å². The van der Waals surface area contributed by atoms with E-state index in [-0.39, 0.29) is 12.5 Å². The van der Waals surface area contributed by atoms with Gasteiger partial charge in [0, 0.05) is 4.83 Å². The average molecular weight is 298 g/mol. The van der Waals surface area contributed by atoms with Crippen molar-refractivity contribution in [3.05, 3.63) is 23.8 Å². The lowest BCUT2D eigenvalue weighted by Gasteiger charge is -2.19. The Balaban J connectivity index is 2.10. The van der Waals surface area contributed by atoms with Gasteiger partial charge >= 0.3 is 0 Å². The van der Waals surface area contributed by atoms with E-state index < -0.39 is 0 Å². The fraction of sp³-hybridized carbons (Fsp3) is 0.462. The first-order valence-electron chi connectivity index (χ1n) is 5.88. The zero-order valence-corrected chi connectivity index (χ0v) is 11.4. The maximum absolute atomic E-state index is 11.2. The van der Waals surface area contributed by atoms with Gasteiger partial charge < -0.3 is 10.1 Å². The zero-order valence-electron chi connectivity index (χ0n) is 9.83. The second-order valence-corrected chi connectivity index (χ2v) is 5.55. The van der Waals surface area contributed by atoms with Crippen LogP contribution in [0.2, 0.25) is 0 Å². The lowest BCUT2D eigenvalue weighted by Crippen LogP contribution is -2.25. The average Bonchev–Trinajstić information content (AvgIpc) is 2.28. The molecule has 2 rings (SSSR count). The highest BCUT2D eigenvalue weighted by Gasteiger charge is 2.16. The van der Waals surface area contributed by atoms with Crippen LogP contribution in [0.15, 0.2) is 18.2 Å². The lowest BCUT2D eigenvalue weighted by atomic mass is 10.1. The highest BCUT2D eigenvalue weighted by molar-refractivity contribution is 9.09. The van der Waals surface area contributed by atoms with Crippen molar-refractivity contribution in [1.82, 2.24) is 0 Å². The Labute approximate surface area is 110 Å². The molecule has 0 saturated heterocycles. The van der Waals surface area contributed by atoms with Crippen molar-refractivity contribution in [2.24, 2.45) is 0 Å². The number of ether oxygens (including phenoxy) is 1. The fourth-order valence-electron chi connectivity index (χ4n) is 1.93. The molecule has 0 fully saturated rings. The molecule has 1 heterocycles. The van der Waals surface area contributed by atoms with Crippen LogP contribution in [0.1, 0.15) is 25.3 Å². The molecule has 17 heavy (non-hydrogen) atoms. The molecule has 1 N–H and O–H groups in total. The van der Waals surface area contributed by atoms with E-state index in [0.29, 0.717) is 4.83 Å². The summed E-state index contributed by atoms with van der Waals surface area (Å²) >= 11 is 3.66. The lowest BCUT2D eigenvalue weighted by molar-refractivity contribution is -0.118. The third kappa shape index (κ3) is 3.22. The number of hydrogen-bond donors (Lipinski definition) is 1. The molecule has 0 aliphatic carbocycles. The summed E-state index contributed by atoms with van der Waals surface area (Å²) in [4.78, 5) is 11.7. The molecule has 1 aliphatic heterocycles. The molecule has 92 valence electrons. The van der Waals surface area contributed by atoms with E-state index in [4.69, 9.17) is 4.74 Å². The van der Waals surface area contributed by atoms with Crippen LogP contribution < -0.4 is 10.1 Å². The molecule has 1 amide bonds. The molecule has 0 bridgehead atoms. The van der Waals surface area contributed by atoms with Crippen LogP contribution in [0.3, 0.4) is 0 Å². The summed E-state index contributed by atoms with van der Waals surface area (Å²) in [6, 6.07) is 5.98. The molecule has 0 aromatic heterocycles. The third-order valence-corrected chi connectivity index (χ3v) is 3.52. The first kappa shape index (κ1) is 12.4. The number of anilines is 1. The van der Waals surface area contributed by atoms with Crippen molar-refractivity contribution in [2.45, 2.75) is 31.0 Å². The predicted molar refractivity (Wildman–Crippen MR) is 71.9 cm³/mol. The SMILES string of the molecule is CCCC(Br)Cc1ccc2c(c1)NC(=O)CO2. The number of fused-ring (bicyclic) bond motifs is 1. The summed E-state index contributed by atoms with van der Waals surface area (Å²) < 4.78 is 5.32. The Hall–Kier alpha value is -1.03. The van der Waals surface area contributed by atoms with Crippen LogP contribution in [0.5, 0.6) is 5.75 Å². The molecule has 1 atom stereocenters. The number of carbonyl (C=O) groups is 1. The summed E-state index contributed by atoms with van der Waals surface area (Å²) in [5.74, 6) is 0.675. The number of alkyl halides is 1. The van der Waals surface area contributed by atoms with Crippen LogP contribution in [0, 0.1) is 0 Å². The number of halogens is 1. The summed E-state index contributed by atoms with van der Waals surface area (Å²) in [6.45, 7) is 2.29. The largest absolute Gasteiger partial charge is 0.482 e. The molecule has 1 aliphatic rings. The minimum Gasteiger partial charge on any atom is -0.482 e. The number of amides is 1. The van der Waals surface area contributed by atoms with Crippen molar-refractivity contribution >= 4 is 27.5 Å². The first-order chi connectivity index (χ1) is 8.19. The molecule has 0 spiro atoms. The van der Waals surface area contributed by atoms with Gasteiger partial charge in [-0.3, -0.25) is 4.79 Å². The van der Waals surface area contributed by atoms with Crippen LogP contribution in [-0.2, 0) is 11.2 Å². The van der Waals surface area contributed by atoms with Gasteiger partial charge in [-0.15, -0.1) is 0 Å². The van der Waals surface area contributed by atoms with Gasteiger partial charge in [-0.1, -0.05) is 35.3 Å². The standard InChI is InChI=1S/C13H16BrNO2/c1-2-3-10(14)6-9-4-5-12-11(7-9)15-13(16)8-17-12/h4-5,7,10H,2-3,6,8H2,1H3,(H,15,16). The quantitative estimate of drug-likeness (QED) is 0.867. The maximum Gasteiger partial charge on any atom is 0.262 e. The van der Waals surface area contributed by atoms with Crippen molar-refractivity contribution in [2.75, 3.05) is 11.9 Å². The van der Waals surface area contributed by atoms with Crippen LogP contribution in [-0.4, -0.2) is 17.3 Å². The molecule has 4 heteroatoms. The predicted octanol–water partition coefficient (Wildman–Crippen LogP) is 3.12. The van der Waals surface area contributed by atoms with E-state index in [2.05, 4.69) is 34.2 Å². The monoisotopic (exact) mass is 297 g/mol. The summed E-state index contributed by atoms with van der Waals surface area (Å²) in [5, 5.41) is 2.83. The number of nitrogens with one attached hydrogen (secondary N) is 1. The Morgan fingerprint density at radius 1 is 1.53 bits per heavy atom. The number of rotatable bonds is 4. The maximum atomic E-state index is 11.2. The van der Waals surface area contributed by atoms with E-state index in [0.717, 1.165) is 24.3 Å². The third-order valence-electron chi connectivity index (χ3n) is 2.74. The molecule has 1 aromatic rings. The Morgan fingerprint density at radius 3 is 3.12 bits per heavy atom. The zero-order chi connectivity index (χ0) is 12.3. The van der Waals surface area contributed by atoms with Gasteiger partial charge in [0.05, 0.1) is 5.69 Å². The fourth-order valence-corrected chi connectivity index (χ4v) is 2.76. The van der Waals surface area contributed by atoms with Gasteiger partial charge in [0.25, 0.3) is 5.91 Å². The van der Waals surface area contributed by atoms with Crippen molar-refractivity contribution < 1.29 is 9.53 Å². The molecule has 3 nitrogen and oxygen atoms in total. The minimum absolute atomic E-state index is 0.0846. The number of carbonyl (C=O) groups excluding carboxylic acids is 1. The molecule has 0 saturated carbocycles. The van der Waals surface area contributed by atoms with Gasteiger partial charge in [-0.2, -0.15) is 0 Å². The van der Waals surface area contributed by atoms with Gasteiger partial charge in [0.1, 0.15) is 5.75 Å². The van der Waals surface area contributed by atoms with Crippen LogP contribution in [0.25, 0.3) is 0 Å². The van der Waals surface area contributed by atoms with Gasteiger partial charge in [-0.05, 0) is 30.5 Å². The number of hydrogen-bond acceptors (Lipinski definition) is 2. The van der Waals surface area contributed by atoms with E-state index in [1.54, 1.807) is 0 Å². The highest BCUT2D eigenvalue weighted by Crippen LogP contribution is 2.29. The first-order valence-corrected chi connectivity index (χ1v) is 6.80. The van der Waals surface area contributed by atoms with Crippen molar-refractivity contribution in [3.8, 4) is 5.75 Å². The van der Waals surface area contributed by atoms with Crippen molar-refractivity contribution in [3.63, 3.8) is 0 Å². The molecule has 0 radical (unpaired) electrons. The van der Waals surface area contributed by atoms with E-state index in [1.165, 1.54) is 12.0 Å². The Kier molecular flexibility index (Phi) is 4.05. The second-order valence-electron chi connectivity index (χ2n) is 4.26.